The Labute approximate surface area is 156 Å². The van der Waals surface area contributed by atoms with Gasteiger partial charge in [0.1, 0.15) is 0 Å². The molecule has 0 bridgehead atoms. The van der Waals surface area contributed by atoms with Crippen LogP contribution >= 0.6 is 0 Å². The van der Waals surface area contributed by atoms with E-state index in [2.05, 4.69) is 20.3 Å². The lowest BCUT2D eigenvalue weighted by Gasteiger charge is -2.26. The average molecular weight is 387 g/mol. The highest BCUT2D eigenvalue weighted by atomic mass is 32.2. The van der Waals surface area contributed by atoms with Gasteiger partial charge < -0.3 is 20.1 Å². The first-order valence-electron chi connectivity index (χ1n) is 8.24. The molecule has 1 aromatic rings. The van der Waals surface area contributed by atoms with Gasteiger partial charge in [0.25, 0.3) is 0 Å². The van der Waals surface area contributed by atoms with Crippen LogP contribution in [0.1, 0.15) is 19.4 Å². The number of ether oxygens (including phenoxy) is 2. The van der Waals surface area contributed by atoms with E-state index in [0.717, 1.165) is 18.2 Å². The zero-order chi connectivity index (χ0) is 19.8. The summed E-state index contributed by atoms with van der Waals surface area (Å²) >= 11 is 0. The van der Waals surface area contributed by atoms with Gasteiger partial charge in [-0.1, -0.05) is 6.07 Å². The Morgan fingerprint density at radius 3 is 2.35 bits per heavy atom. The fraction of sp³-hybridized carbons (Fsp3) is 0.588. The van der Waals surface area contributed by atoms with E-state index in [4.69, 9.17) is 9.47 Å². The van der Waals surface area contributed by atoms with Gasteiger partial charge in [0.2, 0.25) is 10.0 Å². The van der Waals surface area contributed by atoms with Crippen molar-refractivity contribution in [2.45, 2.75) is 25.8 Å². The van der Waals surface area contributed by atoms with E-state index in [-0.39, 0.29) is 0 Å². The standard InChI is InChI=1S/C17H30N4O4S/c1-17(2,21-26(6,22)23)12-20-16(18-3)19-10-9-13-7-8-14(24-4)15(11-13)25-5/h7-8,11,21H,9-10,12H2,1-6H3,(H2,18,19,20). The van der Waals surface area contributed by atoms with Crippen LogP contribution in [0.25, 0.3) is 0 Å². The second-order valence-corrected chi connectivity index (χ2v) is 8.30. The summed E-state index contributed by atoms with van der Waals surface area (Å²) in [5, 5.41) is 6.34. The molecule has 1 rings (SSSR count). The van der Waals surface area contributed by atoms with Crippen LogP contribution in [0, 0.1) is 0 Å². The predicted molar refractivity (Wildman–Crippen MR) is 105 cm³/mol. The monoisotopic (exact) mass is 386 g/mol. The molecule has 0 aromatic heterocycles. The molecule has 0 atom stereocenters. The van der Waals surface area contributed by atoms with Gasteiger partial charge in [-0.25, -0.2) is 13.1 Å². The highest BCUT2D eigenvalue weighted by molar-refractivity contribution is 7.88. The molecule has 0 saturated heterocycles. The highest BCUT2D eigenvalue weighted by Crippen LogP contribution is 2.27. The van der Waals surface area contributed by atoms with Gasteiger partial charge in [-0.15, -0.1) is 0 Å². The van der Waals surface area contributed by atoms with Gasteiger partial charge in [0.15, 0.2) is 17.5 Å². The molecule has 26 heavy (non-hydrogen) atoms. The smallest absolute Gasteiger partial charge is 0.209 e. The summed E-state index contributed by atoms with van der Waals surface area (Å²) in [6.45, 7) is 4.67. The Kier molecular flexibility index (Phi) is 8.16. The number of hydrogen-bond donors (Lipinski definition) is 3. The van der Waals surface area contributed by atoms with Crippen molar-refractivity contribution >= 4 is 16.0 Å². The van der Waals surface area contributed by atoms with Crippen molar-refractivity contribution < 1.29 is 17.9 Å². The zero-order valence-electron chi connectivity index (χ0n) is 16.3. The Hall–Kier alpha value is -2.00. The molecule has 8 nitrogen and oxygen atoms in total. The van der Waals surface area contributed by atoms with Crippen LogP contribution in [-0.4, -0.2) is 60.5 Å². The van der Waals surface area contributed by atoms with Crippen LogP contribution in [0.15, 0.2) is 23.2 Å². The molecule has 9 heteroatoms. The molecule has 0 aliphatic rings. The zero-order valence-corrected chi connectivity index (χ0v) is 17.2. The SMILES string of the molecule is CN=C(NCCc1ccc(OC)c(OC)c1)NCC(C)(C)NS(C)(=O)=O. The molecule has 0 spiro atoms. The summed E-state index contributed by atoms with van der Waals surface area (Å²) in [5.74, 6) is 2.00. The summed E-state index contributed by atoms with van der Waals surface area (Å²) in [7, 11) is 1.61. The number of benzene rings is 1. The number of aliphatic imine (C=N–C) groups is 1. The minimum Gasteiger partial charge on any atom is -0.493 e. The van der Waals surface area contributed by atoms with E-state index in [0.29, 0.717) is 30.5 Å². The van der Waals surface area contributed by atoms with E-state index < -0.39 is 15.6 Å². The van der Waals surface area contributed by atoms with Crippen LogP contribution in [0.5, 0.6) is 11.5 Å². The number of nitrogens with one attached hydrogen (secondary N) is 3. The first-order chi connectivity index (χ1) is 12.1. The van der Waals surface area contributed by atoms with Crippen LogP contribution in [0.3, 0.4) is 0 Å². The van der Waals surface area contributed by atoms with Crippen LogP contribution in [0.2, 0.25) is 0 Å². The Morgan fingerprint density at radius 1 is 1.15 bits per heavy atom. The molecule has 0 radical (unpaired) electrons. The maximum absolute atomic E-state index is 11.4. The number of hydrogen-bond acceptors (Lipinski definition) is 5. The average Bonchev–Trinajstić information content (AvgIpc) is 2.55. The van der Waals surface area contributed by atoms with E-state index >= 15 is 0 Å². The molecule has 0 fully saturated rings. The lowest BCUT2D eigenvalue weighted by atomic mass is 10.1. The van der Waals surface area contributed by atoms with Gasteiger partial charge in [0, 0.05) is 25.7 Å². The summed E-state index contributed by atoms with van der Waals surface area (Å²) in [4.78, 5) is 4.15. The van der Waals surface area contributed by atoms with Gasteiger partial charge >= 0.3 is 0 Å². The lowest BCUT2D eigenvalue weighted by Crippen LogP contribution is -2.53. The third kappa shape index (κ3) is 7.92. The van der Waals surface area contributed by atoms with Crippen LogP contribution < -0.4 is 24.8 Å². The van der Waals surface area contributed by atoms with Gasteiger partial charge in [-0.2, -0.15) is 0 Å². The predicted octanol–water partition coefficient (Wildman–Crippen LogP) is 0.739. The Bertz CT molecular complexity index is 717. The first kappa shape index (κ1) is 22.0. The number of nitrogens with zero attached hydrogens (tertiary/aromatic N) is 1. The maximum atomic E-state index is 11.4. The number of guanidine groups is 1. The summed E-state index contributed by atoms with van der Waals surface area (Å²) in [6, 6.07) is 5.80. The second-order valence-electron chi connectivity index (χ2n) is 6.55. The Balaban J connectivity index is 2.53. The first-order valence-corrected chi connectivity index (χ1v) is 10.1. The van der Waals surface area contributed by atoms with Crippen molar-refractivity contribution in [2.24, 2.45) is 4.99 Å². The topological polar surface area (TPSA) is 101 Å². The third-order valence-corrected chi connectivity index (χ3v) is 4.46. The summed E-state index contributed by atoms with van der Waals surface area (Å²) in [5.41, 5.74) is 0.471. The molecule has 148 valence electrons. The van der Waals surface area contributed by atoms with Crippen molar-refractivity contribution in [1.82, 2.24) is 15.4 Å². The molecule has 3 N–H and O–H groups in total. The minimum atomic E-state index is -3.27. The number of sulfonamides is 1. The molecule has 0 heterocycles. The highest BCUT2D eigenvalue weighted by Gasteiger charge is 2.22. The fourth-order valence-electron chi connectivity index (χ4n) is 2.42. The minimum absolute atomic E-state index is 0.399. The number of methoxy groups -OCH3 is 2. The quantitative estimate of drug-likeness (QED) is 0.427. The van der Waals surface area contributed by atoms with Crippen molar-refractivity contribution in [2.75, 3.05) is 40.6 Å². The lowest BCUT2D eigenvalue weighted by molar-refractivity contribution is 0.354. The van der Waals surface area contributed by atoms with Crippen LogP contribution in [-0.2, 0) is 16.4 Å². The summed E-state index contributed by atoms with van der Waals surface area (Å²) < 4.78 is 35.9. The Morgan fingerprint density at radius 2 is 1.81 bits per heavy atom. The molecule has 0 amide bonds. The van der Waals surface area contributed by atoms with E-state index in [1.165, 1.54) is 0 Å². The number of rotatable bonds is 9. The second kappa shape index (κ2) is 9.63. The molecule has 0 unspecified atom stereocenters. The van der Waals surface area contributed by atoms with E-state index in [1.807, 2.05) is 18.2 Å². The van der Waals surface area contributed by atoms with Crippen molar-refractivity contribution in [3.63, 3.8) is 0 Å². The van der Waals surface area contributed by atoms with Gasteiger partial charge in [-0.05, 0) is 38.0 Å². The molecular weight excluding hydrogens is 356 g/mol. The molecular formula is C17H30N4O4S. The van der Waals surface area contributed by atoms with Crippen molar-refractivity contribution in [3.8, 4) is 11.5 Å². The van der Waals surface area contributed by atoms with Crippen molar-refractivity contribution in [3.05, 3.63) is 23.8 Å². The maximum Gasteiger partial charge on any atom is 0.209 e. The van der Waals surface area contributed by atoms with Crippen molar-refractivity contribution in [1.29, 1.82) is 0 Å². The third-order valence-electron chi connectivity index (χ3n) is 3.54. The van der Waals surface area contributed by atoms with E-state index in [9.17, 15) is 8.42 Å². The van der Waals surface area contributed by atoms with Gasteiger partial charge in [-0.3, -0.25) is 4.99 Å². The van der Waals surface area contributed by atoms with Gasteiger partial charge in [0.05, 0.1) is 20.5 Å². The normalized spacial score (nSPS) is 12.6. The molecule has 0 aliphatic heterocycles. The van der Waals surface area contributed by atoms with Crippen LogP contribution in [0.4, 0.5) is 0 Å². The van der Waals surface area contributed by atoms with E-state index in [1.54, 1.807) is 35.1 Å². The fourth-order valence-corrected chi connectivity index (χ4v) is 3.50. The summed E-state index contributed by atoms with van der Waals surface area (Å²) in [6.07, 6.45) is 1.91. The molecule has 1 aromatic carbocycles. The largest absolute Gasteiger partial charge is 0.493 e. The molecule has 0 saturated carbocycles. The molecule has 0 aliphatic carbocycles.